The standard InChI is InChI=1S/C15H17F3N2S/c1-2-20(9-11-4-3-5-21-11)14(8-19)10-6-12(16)15(18)13(17)7-10/h3-7,14H,2,8-9,19H2,1H3. The van der Waals surface area contributed by atoms with Gasteiger partial charge in [-0.3, -0.25) is 4.90 Å². The van der Waals surface area contributed by atoms with Gasteiger partial charge >= 0.3 is 0 Å². The van der Waals surface area contributed by atoms with Gasteiger partial charge in [0.15, 0.2) is 17.5 Å². The molecule has 1 aromatic heterocycles. The Labute approximate surface area is 126 Å². The summed E-state index contributed by atoms with van der Waals surface area (Å²) in [5, 5.41) is 1.97. The number of hydrogen-bond donors (Lipinski definition) is 1. The smallest absolute Gasteiger partial charge is 0.194 e. The van der Waals surface area contributed by atoms with Crippen molar-refractivity contribution in [1.29, 1.82) is 0 Å². The van der Waals surface area contributed by atoms with Crippen LogP contribution < -0.4 is 5.73 Å². The molecule has 21 heavy (non-hydrogen) atoms. The highest BCUT2D eigenvalue weighted by atomic mass is 32.1. The molecule has 2 N–H and O–H groups in total. The molecule has 1 aromatic carbocycles. The van der Waals surface area contributed by atoms with Crippen LogP contribution in [0.2, 0.25) is 0 Å². The van der Waals surface area contributed by atoms with Crippen LogP contribution in [0.5, 0.6) is 0 Å². The highest BCUT2D eigenvalue weighted by Crippen LogP contribution is 2.26. The van der Waals surface area contributed by atoms with E-state index in [1.54, 1.807) is 11.3 Å². The van der Waals surface area contributed by atoms with Crippen molar-refractivity contribution in [3.8, 4) is 0 Å². The molecule has 0 spiro atoms. The molecule has 0 radical (unpaired) electrons. The first kappa shape index (κ1) is 16.0. The van der Waals surface area contributed by atoms with E-state index in [-0.39, 0.29) is 12.6 Å². The van der Waals surface area contributed by atoms with Crippen LogP contribution in [0.15, 0.2) is 29.6 Å². The number of benzene rings is 1. The molecule has 0 bridgehead atoms. The Hall–Kier alpha value is -1.37. The first-order valence-corrected chi connectivity index (χ1v) is 7.55. The summed E-state index contributed by atoms with van der Waals surface area (Å²) >= 11 is 1.61. The summed E-state index contributed by atoms with van der Waals surface area (Å²) in [5.41, 5.74) is 6.13. The zero-order valence-corrected chi connectivity index (χ0v) is 12.5. The number of thiophene rings is 1. The van der Waals surface area contributed by atoms with Gasteiger partial charge in [-0.05, 0) is 35.7 Å². The highest BCUT2D eigenvalue weighted by Gasteiger charge is 2.21. The second-order valence-corrected chi connectivity index (χ2v) is 5.72. The van der Waals surface area contributed by atoms with Crippen molar-refractivity contribution in [3.63, 3.8) is 0 Å². The van der Waals surface area contributed by atoms with Crippen LogP contribution >= 0.6 is 11.3 Å². The van der Waals surface area contributed by atoms with Crippen molar-refractivity contribution in [3.05, 3.63) is 57.5 Å². The van der Waals surface area contributed by atoms with E-state index in [0.29, 0.717) is 18.7 Å². The summed E-state index contributed by atoms with van der Waals surface area (Å²) in [6, 6.07) is 5.62. The molecule has 0 amide bonds. The van der Waals surface area contributed by atoms with Crippen molar-refractivity contribution >= 4 is 11.3 Å². The molecule has 0 aliphatic heterocycles. The monoisotopic (exact) mass is 314 g/mol. The molecule has 2 nitrogen and oxygen atoms in total. The van der Waals surface area contributed by atoms with E-state index >= 15 is 0 Å². The maximum atomic E-state index is 13.4. The Morgan fingerprint density at radius 1 is 1.24 bits per heavy atom. The molecule has 2 aromatic rings. The average molecular weight is 314 g/mol. The van der Waals surface area contributed by atoms with Crippen molar-refractivity contribution in [2.24, 2.45) is 5.73 Å². The number of hydrogen-bond acceptors (Lipinski definition) is 3. The summed E-state index contributed by atoms with van der Waals surface area (Å²) in [5.74, 6) is -3.82. The predicted molar refractivity (Wildman–Crippen MR) is 78.5 cm³/mol. The molecule has 1 unspecified atom stereocenters. The van der Waals surface area contributed by atoms with Crippen molar-refractivity contribution in [2.45, 2.75) is 19.5 Å². The summed E-state index contributed by atoms with van der Waals surface area (Å²) in [7, 11) is 0. The van der Waals surface area contributed by atoms with Crippen molar-refractivity contribution < 1.29 is 13.2 Å². The molecule has 2 rings (SSSR count). The van der Waals surface area contributed by atoms with Gasteiger partial charge in [0.2, 0.25) is 0 Å². The largest absolute Gasteiger partial charge is 0.329 e. The highest BCUT2D eigenvalue weighted by molar-refractivity contribution is 7.09. The molecule has 114 valence electrons. The van der Waals surface area contributed by atoms with Crippen LogP contribution in [-0.4, -0.2) is 18.0 Å². The lowest BCUT2D eigenvalue weighted by molar-refractivity contribution is 0.204. The normalized spacial score (nSPS) is 12.9. The fourth-order valence-corrected chi connectivity index (χ4v) is 3.04. The minimum atomic E-state index is -1.45. The lowest BCUT2D eigenvalue weighted by Gasteiger charge is -2.30. The third-order valence-corrected chi connectivity index (χ3v) is 4.26. The molecular formula is C15H17F3N2S. The van der Waals surface area contributed by atoms with Crippen molar-refractivity contribution in [1.82, 2.24) is 4.90 Å². The number of rotatable bonds is 6. The van der Waals surface area contributed by atoms with Gasteiger partial charge < -0.3 is 5.73 Å². The van der Waals surface area contributed by atoms with Crippen LogP contribution in [0.3, 0.4) is 0 Å². The fraction of sp³-hybridized carbons (Fsp3) is 0.333. The molecule has 0 saturated heterocycles. The predicted octanol–water partition coefficient (Wildman–Crippen LogP) is 3.69. The fourth-order valence-electron chi connectivity index (χ4n) is 2.31. The van der Waals surface area contributed by atoms with E-state index in [0.717, 1.165) is 17.0 Å². The van der Waals surface area contributed by atoms with E-state index < -0.39 is 17.5 Å². The van der Waals surface area contributed by atoms with Crippen molar-refractivity contribution in [2.75, 3.05) is 13.1 Å². The molecule has 0 aliphatic carbocycles. The first-order chi connectivity index (χ1) is 10.1. The van der Waals surface area contributed by atoms with Crippen LogP contribution in [0.1, 0.15) is 23.4 Å². The van der Waals surface area contributed by atoms with E-state index in [9.17, 15) is 13.2 Å². The summed E-state index contributed by atoms with van der Waals surface area (Å²) in [6.07, 6.45) is 0. The molecular weight excluding hydrogens is 297 g/mol. The second-order valence-electron chi connectivity index (χ2n) is 4.69. The zero-order chi connectivity index (χ0) is 15.4. The Morgan fingerprint density at radius 3 is 2.38 bits per heavy atom. The Bertz CT molecular complexity index is 564. The minimum Gasteiger partial charge on any atom is -0.329 e. The Kier molecular flexibility index (Phi) is 5.39. The molecule has 0 saturated carbocycles. The van der Waals surface area contributed by atoms with Crippen LogP contribution in [0.25, 0.3) is 0 Å². The molecule has 0 aliphatic rings. The summed E-state index contributed by atoms with van der Waals surface area (Å²) < 4.78 is 39.9. The Morgan fingerprint density at radius 2 is 1.90 bits per heavy atom. The van der Waals surface area contributed by atoms with E-state index in [4.69, 9.17) is 5.73 Å². The SMILES string of the molecule is CCN(Cc1cccs1)C(CN)c1cc(F)c(F)c(F)c1. The van der Waals surface area contributed by atoms with Crippen LogP contribution in [0, 0.1) is 17.5 Å². The van der Waals surface area contributed by atoms with E-state index in [1.165, 1.54) is 0 Å². The van der Waals surface area contributed by atoms with Gasteiger partial charge in [0.25, 0.3) is 0 Å². The second kappa shape index (κ2) is 7.06. The minimum absolute atomic E-state index is 0.198. The Balaban J connectivity index is 2.28. The van der Waals surface area contributed by atoms with E-state index in [2.05, 4.69) is 0 Å². The molecule has 0 fully saturated rings. The third kappa shape index (κ3) is 3.64. The van der Waals surface area contributed by atoms with Gasteiger partial charge in [0.1, 0.15) is 0 Å². The maximum absolute atomic E-state index is 13.4. The number of halogens is 3. The maximum Gasteiger partial charge on any atom is 0.194 e. The molecule has 1 heterocycles. The quantitative estimate of drug-likeness (QED) is 0.824. The lowest BCUT2D eigenvalue weighted by atomic mass is 10.0. The molecule has 1 atom stereocenters. The van der Waals surface area contributed by atoms with Gasteiger partial charge in [0.05, 0.1) is 0 Å². The molecule has 6 heteroatoms. The average Bonchev–Trinajstić information content (AvgIpc) is 2.97. The van der Waals surface area contributed by atoms with Crippen LogP contribution in [-0.2, 0) is 6.54 Å². The van der Waals surface area contributed by atoms with Gasteiger partial charge in [-0.15, -0.1) is 11.3 Å². The summed E-state index contributed by atoms with van der Waals surface area (Å²) in [4.78, 5) is 3.15. The lowest BCUT2D eigenvalue weighted by Crippen LogP contribution is -2.33. The first-order valence-electron chi connectivity index (χ1n) is 6.67. The van der Waals surface area contributed by atoms with Gasteiger partial charge in [0, 0.05) is 24.0 Å². The van der Waals surface area contributed by atoms with Gasteiger partial charge in [-0.2, -0.15) is 0 Å². The van der Waals surface area contributed by atoms with E-state index in [1.807, 2.05) is 29.3 Å². The van der Waals surface area contributed by atoms with Crippen LogP contribution in [0.4, 0.5) is 13.2 Å². The van der Waals surface area contributed by atoms with Gasteiger partial charge in [-0.25, -0.2) is 13.2 Å². The number of likely N-dealkylation sites (N-methyl/N-ethyl adjacent to an activating group) is 1. The summed E-state index contributed by atoms with van der Waals surface area (Å²) in [6.45, 7) is 3.45. The van der Waals surface area contributed by atoms with Gasteiger partial charge in [-0.1, -0.05) is 13.0 Å². The topological polar surface area (TPSA) is 29.3 Å². The number of nitrogens with zero attached hydrogens (tertiary/aromatic N) is 1. The third-order valence-electron chi connectivity index (χ3n) is 3.40. The number of nitrogens with two attached hydrogens (primary N) is 1. The zero-order valence-electron chi connectivity index (χ0n) is 11.7.